The first kappa shape index (κ1) is 25.6. The molecule has 3 rings (SSSR count). The van der Waals surface area contributed by atoms with Gasteiger partial charge in [-0.1, -0.05) is 35.9 Å². The molecule has 0 radical (unpaired) electrons. The van der Waals surface area contributed by atoms with Crippen molar-refractivity contribution in [3.63, 3.8) is 0 Å². The second-order valence-corrected chi connectivity index (χ2v) is 10.9. The summed E-state index contributed by atoms with van der Waals surface area (Å²) in [5, 5.41) is 2.93. The van der Waals surface area contributed by atoms with E-state index in [2.05, 4.69) is 44.1 Å². The lowest BCUT2D eigenvalue weighted by Crippen LogP contribution is -2.51. The smallest absolute Gasteiger partial charge is 0.241 e. The fraction of sp³-hybridized carbons (Fsp3) is 0.458. The molecule has 33 heavy (non-hydrogen) atoms. The van der Waals surface area contributed by atoms with Gasteiger partial charge >= 0.3 is 0 Å². The summed E-state index contributed by atoms with van der Waals surface area (Å²) in [6.07, 6.45) is 2.38. The van der Waals surface area contributed by atoms with Gasteiger partial charge in [-0.2, -0.15) is 16.5 Å². The van der Waals surface area contributed by atoms with Gasteiger partial charge in [0.15, 0.2) is 0 Å². The van der Waals surface area contributed by atoms with Crippen LogP contribution >= 0.6 is 11.8 Å². The van der Waals surface area contributed by atoms with Crippen molar-refractivity contribution < 1.29 is 13.2 Å². The van der Waals surface area contributed by atoms with Crippen LogP contribution in [0.25, 0.3) is 0 Å². The monoisotopic (exact) mass is 490 g/mol. The zero-order valence-corrected chi connectivity index (χ0v) is 21.0. The minimum atomic E-state index is -3.77. The van der Waals surface area contributed by atoms with Crippen molar-refractivity contribution in [1.82, 2.24) is 14.9 Å². The first-order chi connectivity index (χ1) is 15.9. The van der Waals surface area contributed by atoms with Crippen molar-refractivity contribution in [3.8, 4) is 0 Å². The first-order valence-electron chi connectivity index (χ1n) is 11.3. The number of hydrogen-bond donors (Lipinski definition) is 2. The van der Waals surface area contributed by atoms with Gasteiger partial charge < -0.3 is 10.2 Å². The number of carbonyl (C=O) groups excluding carboxylic acids is 1. The minimum Gasteiger partial charge on any atom is -0.369 e. The highest BCUT2D eigenvalue weighted by molar-refractivity contribution is 7.98. The Kier molecular flexibility index (Phi) is 9.61. The molecule has 0 saturated carbocycles. The number of thioether (sulfide) groups is 1. The molecule has 7 nitrogen and oxygen atoms in total. The van der Waals surface area contributed by atoms with Gasteiger partial charge in [-0.15, -0.1) is 0 Å². The molecule has 1 atom stereocenters. The van der Waals surface area contributed by atoms with E-state index in [1.165, 1.54) is 5.69 Å². The number of aryl methyl sites for hydroxylation is 1. The number of nitrogens with one attached hydrogen (secondary N) is 2. The van der Waals surface area contributed by atoms with E-state index in [0.717, 1.165) is 38.3 Å². The minimum absolute atomic E-state index is 0.173. The average molecular weight is 491 g/mol. The molecule has 1 fully saturated rings. The predicted molar refractivity (Wildman–Crippen MR) is 136 cm³/mol. The molecular weight excluding hydrogens is 456 g/mol. The molecule has 0 aromatic heterocycles. The van der Waals surface area contributed by atoms with Gasteiger partial charge in [-0.3, -0.25) is 9.69 Å². The summed E-state index contributed by atoms with van der Waals surface area (Å²) in [6.45, 7) is 6.90. The summed E-state index contributed by atoms with van der Waals surface area (Å²) < 4.78 is 28.2. The number of para-hydroxylation sites is 1. The highest BCUT2D eigenvalue weighted by atomic mass is 32.2. The number of hydrogen-bond acceptors (Lipinski definition) is 6. The molecule has 1 aliphatic rings. The van der Waals surface area contributed by atoms with E-state index in [0.29, 0.717) is 18.7 Å². The Labute approximate surface area is 202 Å². The molecule has 2 aromatic carbocycles. The van der Waals surface area contributed by atoms with E-state index < -0.39 is 16.1 Å². The molecule has 2 aromatic rings. The third kappa shape index (κ3) is 7.74. The van der Waals surface area contributed by atoms with Crippen molar-refractivity contribution in [1.29, 1.82) is 0 Å². The molecule has 1 saturated heterocycles. The summed E-state index contributed by atoms with van der Waals surface area (Å²) in [5.41, 5.74) is 2.22. The van der Waals surface area contributed by atoms with Gasteiger partial charge in [-0.25, -0.2) is 8.42 Å². The standard InChI is InChI=1S/C24H34N4O3S2/c1-20-8-10-22(11-9-20)33(30,31)26-23(12-19-32-2)24(29)25-13-14-27-15-17-28(18-16-27)21-6-4-3-5-7-21/h3-11,23,26H,12-19H2,1-2H3,(H,25,29). The summed E-state index contributed by atoms with van der Waals surface area (Å²) >= 11 is 1.59. The zero-order valence-electron chi connectivity index (χ0n) is 19.4. The Hall–Kier alpha value is -2.07. The second kappa shape index (κ2) is 12.4. The first-order valence-corrected chi connectivity index (χ1v) is 14.1. The van der Waals surface area contributed by atoms with Crippen LogP contribution in [0.4, 0.5) is 5.69 Å². The van der Waals surface area contributed by atoms with Gasteiger partial charge in [0.2, 0.25) is 15.9 Å². The Morgan fingerprint density at radius 3 is 2.33 bits per heavy atom. The predicted octanol–water partition coefficient (Wildman–Crippen LogP) is 2.33. The number of sulfonamides is 1. The molecule has 1 aliphatic heterocycles. The Morgan fingerprint density at radius 1 is 1.03 bits per heavy atom. The van der Waals surface area contributed by atoms with Crippen LogP contribution < -0.4 is 14.9 Å². The lowest BCUT2D eigenvalue weighted by Gasteiger charge is -2.36. The molecule has 0 aliphatic carbocycles. The zero-order chi connectivity index (χ0) is 23.7. The summed E-state index contributed by atoms with van der Waals surface area (Å²) in [7, 11) is -3.77. The van der Waals surface area contributed by atoms with Crippen LogP contribution in [0.1, 0.15) is 12.0 Å². The molecule has 9 heteroatoms. The van der Waals surface area contributed by atoms with Crippen LogP contribution in [0.5, 0.6) is 0 Å². The van der Waals surface area contributed by atoms with Crippen LogP contribution in [0, 0.1) is 6.92 Å². The SMILES string of the molecule is CSCCC(NS(=O)(=O)c1ccc(C)cc1)C(=O)NCCN1CCN(c2ccccc2)CC1. The topological polar surface area (TPSA) is 81.7 Å². The molecular formula is C24H34N4O3S2. The van der Waals surface area contributed by atoms with Gasteiger partial charge in [0.25, 0.3) is 0 Å². The normalized spacial score (nSPS) is 15.9. The quantitative estimate of drug-likeness (QED) is 0.503. The molecule has 1 amide bonds. The number of anilines is 1. The number of carbonyl (C=O) groups is 1. The molecule has 1 unspecified atom stereocenters. The molecule has 180 valence electrons. The van der Waals surface area contributed by atoms with Gasteiger partial charge in [0.05, 0.1) is 4.90 Å². The Morgan fingerprint density at radius 2 is 1.70 bits per heavy atom. The van der Waals surface area contributed by atoms with E-state index in [1.807, 2.05) is 19.2 Å². The van der Waals surface area contributed by atoms with Crippen LogP contribution in [-0.4, -0.2) is 76.5 Å². The van der Waals surface area contributed by atoms with Crippen molar-refractivity contribution in [2.75, 3.05) is 56.2 Å². The number of nitrogens with zero attached hydrogens (tertiary/aromatic N) is 2. The third-order valence-corrected chi connectivity index (χ3v) is 7.91. The number of benzene rings is 2. The van der Waals surface area contributed by atoms with Crippen molar-refractivity contribution in [2.24, 2.45) is 0 Å². The Balaban J connectivity index is 1.48. The lowest BCUT2D eigenvalue weighted by molar-refractivity contribution is -0.122. The van der Waals surface area contributed by atoms with Crippen molar-refractivity contribution >= 4 is 33.4 Å². The van der Waals surface area contributed by atoms with E-state index in [9.17, 15) is 13.2 Å². The average Bonchev–Trinajstić information content (AvgIpc) is 2.83. The molecule has 2 N–H and O–H groups in total. The highest BCUT2D eigenvalue weighted by Gasteiger charge is 2.25. The molecule has 1 heterocycles. The van der Waals surface area contributed by atoms with E-state index in [1.54, 1.807) is 36.0 Å². The third-order valence-electron chi connectivity index (χ3n) is 5.78. The molecule has 0 bridgehead atoms. The van der Waals surface area contributed by atoms with Crippen molar-refractivity contribution in [2.45, 2.75) is 24.3 Å². The van der Waals surface area contributed by atoms with Crippen LogP contribution in [-0.2, 0) is 14.8 Å². The number of piperazine rings is 1. The van der Waals surface area contributed by atoms with E-state index >= 15 is 0 Å². The highest BCUT2D eigenvalue weighted by Crippen LogP contribution is 2.15. The summed E-state index contributed by atoms with van der Waals surface area (Å²) in [6, 6.07) is 16.2. The van der Waals surface area contributed by atoms with Gasteiger partial charge in [-0.05, 0) is 49.6 Å². The second-order valence-electron chi connectivity index (χ2n) is 8.22. The Bertz CT molecular complexity index is 977. The van der Waals surface area contributed by atoms with Crippen molar-refractivity contribution in [3.05, 3.63) is 60.2 Å². The maximum atomic E-state index is 12.8. The van der Waals surface area contributed by atoms with E-state index in [4.69, 9.17) is 0 Å². The van der Waals surface area contributed by atoms with Crippen LogP contribution in [0.15, 0.2) is 59.5 Å². The fourth-order valence-electron chi connectivity index (χ4n) is 3.78. The largest absolute Gasteiger partial charge is 0.369 e. The fourth-order valence-corrected chi connectivity index (χ4v) is 5.48. The van der Waals surface area contributed by atoms with Crippen LogP contribution in [0.2, 0.25) is 0 Å². The van der Waals surface area contributed by atoms with Gasteiger partial charge in [0, 0.05) is 45.0 Å². The van der Waals surface area contributed by atoms with E-state index in [-0.39, 0.29) is 10.8 Å². The number of amides is 1. The summed E-state index contributed by atoms with van der Waals surface area (Å²) in [4.78, 5) is 17.7. The molecule has 0 spiro atoms. The lowest BCUT2D eigenvalue weighted by atomic mass is 10.2. The van der Waals surface area contributed by atoms with Gasteiger partial charge in [0.1, 0.15) is 6.04 Å². The number of rotatable bonds is 11. The maximum Gasteiger partial charge on any atom is 0.241 e. The maximum absolute atomic E-state index is 12.8. The van der Waals surface area contributed by atoms with Crippen LogP contribution in [0.3, 0.4) is 0 Å². The summed E-state index contributed by atoms with van der Waals surface area (Å²) in [5.74, 6) is 0.415.